The molecule has 92 valence electrons. The maximum atomic E-state index is 5.83. The molecule has 1 aromatic carbocycles. The van der Waals surface area contributed by atoms with Gasteiger partial charge in [-0.15, -0.1) is 0 Å². The molecule has 0 spiro atoms. The summed E-state index contributed by atoms with van der Waals surface area (Å²) in [4.78, 5) is 0. The Bertz CT molecular complexity index is 365. The smallest absolute Gasteiger partial charge is 0.343 e. The lowest BCUT2D eigenvalue weighted by Crippen LogP contribution is -2.43. The van der Waals surface area contributed by atoms with E-state index in [1.54, 1.807) is 0 Å². The van der Waals surface area contributed by atoms with Crippen LogP contribution in [-0.2, 0) is 16.5 Å². The van der Waals surface area contributed by atoms with E-state index in [9.17, 15) is 0 Å². The number of benzene rings is 1. The average molecular weight is 301 g/mol. The minimum absolute atomic E-state index is 0.790. The molecule has 0 amide bonds. The standard InChI is InChI=1S/C9H16O4Si4/c1-17(12-15-10-14-11-16-13-17)8-7-9-5-3-2-4-6-9/h2-8H,14-16H2,1H3. The lowest BCUT2D eigenvalue weighted by atomic mass is 10.2. The fraction of sp³-hybridized carbons (Fsp3) is 0.111. The zero-order valence-corrected chi connectivity index (χ0v) is 15.0. The molecule has 0 radical (unpaired) electrons. The van der Waals surface area contributed by atoms with Crippen LogP contribution < -0.4 is 0 Å². The normalized spacial score (nSPS) is 30.9. The van der Waals surface area contributed by atoms with E-state index in [0.717, 1.165) is 5.56 Å². The SMILES string of the molecule is C[Si]1(C=Cc2ccccc2)O[SiH2]O[SiH2]O[SiH2]O1. The van der Waals surface area contributed by atoms with Crippen LogP contribution in [0, 0.1) is 0 Å². The Labute approximate surface area is 109 Å². The first-order chi connectivity index (χ1) is 8.29. The van der Waals surface area contributed by atoms with Gasteiger partial charge in [0.05, 0.1) is 0 Å². The van der Waals surface area contributed by atoms with Crippen LogP contribution in [0.3, 0.4) is 0 Å². The molecule has 0 bridgehead atoms. The highest BCUT2D eigenvalue weighted by Gasteiger charge is 2.29. The first-order valence-corrected chi connectivity index (χ1v) is 11.3. The van der Waals surface area contributed by atoms with E-state index in [1.807, 2.05) is 24.7 Å². The van der Waals surface area contributed by atoms with Crippen molar-refractivity contribution in [1.29, 1.82) is 0 Å². The van der Waals surface area contributed by atoms with Gasteiger partial charge in [0.25, 0.3) is 30.0 Å². The highest BCUT2D eigenvalue weighted by Crippen LogP contribution is 2.12. The van der Waals surface area contributed by atoms with E-state index < -0.39 is 38.6 Å². The first-order valence-electron chi connectivity index (χ1n) is 5.46. The summed E-state index contributed by atoms with van der Waals surface area (Å²) in [5, 5.41) is 0. The van der Waals surface area contributed by atoms with Crippen LogP contribution in [0.2, 0.25) is 6.55 Å². The van der Waals surface area contributed by atoms with Crippen molar-refractivity contribution in [2.45, 2.75) is 6.55 Å². The van der Waals surface area contributed by atoms with Crippen LogP contribution in [0.5, 0.6) is 0 Å². The van der Waals surface area contributed by atoms with Crippen molar-refractivity contribution in [2.75, 3.05) is 0 Å². The summed E-state index contributed by atoms with van der Waals surface area (Å²) in [6, 6.07) is 10.2. The maximum absolute atomic E-state index is 5.83. The molecule has 1 heterocycles. The zero-order chi connectivity index (χ0) is 12.0. The Balaban J connectivity index is 2.01. The molecule has 8 heteroatoms. The molecule has 2 rings (SSSR count). The second-order valence-corrected chi connectivity index (χ2v) is 12.5. The molecule has 1 fully saturated rings. The Morgan fingerprint density at radius 2 is 1.65 bits per heavy atom. The van der Waals surface area contributed by atoms with Crippen LogP contribution in [-0.4, -0.2) is 38.6 Å². The third kappa shape index (κ3) is 4.44. The van der Waals surface area contributed by atoms with Crippen molar-refractivity contribution in [1.82, 2.24) is 0 Å². The molecule has 0 saturated carbocycles. The summed E-state index contributed by atoms with van der Waals surface area (Å²) < 4.78 is 22.5. The minimum atomic E-state index is -2.19. The predicted molar refractivity (Wildman–Crippen MR) is 77.1 cm³/mol. The molecular weight excluding hydrogens is 284 g/mol. The monoisotopic (exact) mass is 300 g/mol. The number of hydrogen-bond acceptors (Lipinski definition) is 4. The summed E-state index contributed by atoms with van der Waals surface area (Å²) in [6.07, 6.45) is 2.06. The molecule has 0 aromatic heterocycles. The fourth-order valence-electron chi connectivity index (χ4n) is 1.39. The van der Waals surface area contributed by atoms with E-state index in [4.69, 9.17) is 16.5 Å². The highest BCUT2D eigenvalue weighted by atomic mass is 28.5. The molecule has 1 saturated heterocycles. The molecule has 4 nitrogen and oxygen atoms in total. The summed E-state index contributed by atoms with van der Waals surface area (Å²) in [5.74, 6) is 0. The largest absolute Gasteiger partial charge is 0.425 e. The number of hydrogen-bond donors (Lipinski definition) is 0. The van der Waals surface area contributed by atoms with Crippen LogP contribution in [0.1, 0.15) is 5.56 Å². The summed E-state index contributed by atoms with van der Waals surface area (Å²) in [6.45, 7) is 2.05. The van der Waals surface area contributed by atoms with Crippen LogP contribution in [0.25, 0.3) is 6.08 Å². The lowest BCUT2D eigenvalue weighted by Gasteiger charge is -2.26. The molecule has 17 heavy (non-hydrogen) atoms. The van der Waals surface area contributed by atoms with Gasteiger partial charge >= 0.3 is 8.56 Å². The van der Waals surface area contributed by atoms with Gasteiger partial charge in [-0.2, -0.15) is 0 Å². The zero-order valence-electron chi connectivity index (χ0n) is 9.80. The molecular formula is C9H16O4Si4. The summed E-state index contributed by atoms with van der Waals surface area (Å²) >= 11 is 0. The van der Waals surface area contributed by atoms with E-state index in [0.29, 0.717) is 0 Å². The highest BCUT2D eigenvalue weighted by molar-refractivity contribution is 6.79. The second kappa shape index (κ2) is 6.56. The topological polar surface area (TPSA) is 36.9 Å². The number of rotatable bonds is 2. The molecule has 0 unspecified atom stereocenters. The van der Waals surface area contributed by atoms with Crippen LogP contribution in [0.4, 0.5) is 0 Å². The Morgan fingerprint density at radius 3 is 2.29 bits per heavy atom. The van der Waals surface area contributed by atoms with Crippen molar-refractivity contribution in [3.8, 4) is 0 Å². The van der Waals surface area contributed by atoms with Crippen molar-refractivity contribution in [2.24, 2.45) is 0 Å². The van der Waals surface area contributed by atoms with Crippen molar-refractivity contribution in [3.05, 3.63) is 41.6 Å². The summed E-state index contributed by atoms with van der Waals surface area (Å²) in [5.41, 5.74) is 3.23. The van der Waals surface area contributed by atoms with Gasteiger partial charge in [-0.1, -0.05) is 36.4 Å². The third-order valence-corrected chi connectivity index (χ3v) is 11.4. The second-order valence-electron chi connectivity index (χ2n) is 3.81. The van der Waals surface area contributed by atoms with E-state index in [1.165, 1.54) is 0 Å². The molecule has 0 atom stereocenters. The fourth-order valence-corrected chi connectivity index (χ4v) is 9.86. The molecule has 0 N–H and O–H groups in total. The van der Waals surface area contributed by atoms with Gasteiger partial charge in [-0.25, -0.2) is 0 Å². The quantitative estimate of drug-likeness (QED) is 0.683. The van der Waals surface area contributed by atoms with Crippen LogP contribution >= 0.6 is 0 Å². The van der Waals surface area contributed by atoms with Gasteiger partial charge in [-0.05, 0) is 17.8 Å². The van der Waals surface area contributed by atoms with Crippen molar-refractivity contribution in [3.63, 3.8) is 0 Å². The summed E-state index contributed by atoms with van der Waals surface area (Å²) in [7, 11) is -4.79. The first kappa shape index (κ1) is 13.1. The van der Waals surface area contributed by atoms with E-state index >= 15 is 0 Å². The van der Waals surface area contributed by atoms with Crippen LogP contribution in [0.15, 0.2) is 36.0 Å². The van der Waals surface area contributed by atoms with Gasteiger partial charge in [0, 0.05) is 0 Å². The van der Waals surface area contributed by atoms with Gasteiger partial charge in [-0.3, -0.25) is 0 Å². The van der Waals surface area contributed by atoms with E-state index in [-0.39, 0.29) is 0 Å². The Kier molecular flexibility index (Phi) is 5.06. The van der Waals surface area contributed by atoms with Gasteiger partial charge in [0.15, 0.2) is 0 Å². The molecule has 1 aromatic rings. The van der Waals surface area contributed by atoms with Crippen molar-refractivity contribution < 1.29 is 16.5 Å². The Hall–Kier alpha value is -0.332. The Morgan fingerprint density at radius 1 is 1.00 bits per heavy atom. The van der Waals surface area contributed by atoms with Gasteiger partial charge in [0.1, 0.15) is 0 Å². The predicted octanol–water partition coefficient (Wildman–Crippen LogP) is -0.613. The lowest BCUT2D eigenvalue weighted by molar-refractivity contribution is 0.320. The third-order valence-electron chi connectivity index (χ3n) is 2.40. The molecule has 1 aliphatic rings. The van der Waals surface area contributed by atoms with E-state index in [2.05, 4.69) is 23.9 Å². The molecule has 1 aliphatic heterocycles. The maximum Gasteiger partial charge on any atom is 0.343 e. The van der Waals surface area contributed by atoms with Gasteiger partial charge in [0.2, 0.25) is 0 Å². The molecule has 0 aliphatic carbocycles. The minimum Gasteiger partial charge on any atom is -0.425 e. The van der Waals surface area contributed by atoms with Gasteiger partial charge < -0.3 is 16.5 Å². The average Bonchev–Trinajstić information content (AvgIpc) is 2.34. The van der Waals surface area contributed by atoms with Crippen molar-refractivity contribution >= 4 is 44.7 Å².